The fourth-order valence-corrected chi connectivity index (χ4v) is 5.20. The standard InChI is InChI=1S/C26H33ClN4O4/c1-15(30(2)3)29-18-8-7-17(28-11-13-31-12-5-4-6-16(31)14-27)21-22(18)26(35)24-20(33)10-9-19(32)23(24)25(21)34/h7-10,15-16,28-29,32-33H,4-6,11-14H2,1-3H3. The van der Waals surface area contributed by atoms with Gasteiger partial charge in [-0.15, -0.1) is 11.6 Å². The van der Waals surface area contributed by atoms with E-state index in [-0.39, 0.29) is 39.9 Å². The number of carbonyl (C=O) groups excluding carboxylic acids is 2. The number of phenolic OH excluding ortho intramolecular Hbond substituents is 2. The lowest BCUT2D eigenvalue weighted by Gasteiger charge is -2.34. The van der Waals surface area contributed by atoms with Crippen LogP contribution < -0.4 is 10.6 Å². The molecule has 2 aliphatic rings. The van der Waals surface area contributed by atoms with E-state index >= 15 is 0 Å². The number of piperidine rings is 1. The summed E-state index contributed by atoms with van der Waals surface area (Å²) in [6.07, 6.45) is 3.28. The summed E-state index contributed by atoms with van der Waals surface area (Å²) in [6, 6.07) is 6.37. The van der Waals surface area contributed by atoms with Crippen LogP contribution in [0.5, 0.6) is 11.5 Å². The molecule has 2 aromatic rings. The quantitative estimate of drug-likeness (QED) is 0.211. The SMILES string of the molecule is CC(Nc1ccc(NCCN2CCCCC2CCl)c2c1C(=O)c1c(O)ccc(O)c1C2=O)N(C)C. The molecule has 1 heterocycles. The van der Waals surface area contributed by atoms with Crippen LogP contribution in [-0.2, 0) is 0 Å². The minimum absolute atomic E-state index is 0.119. The minimum atomic E-state index is -0.502. The number of likely N-dealkylation sites (tertiary alicyclic amines) is 1. The van der Waals surface area contributed by atoms with Crippen LogP contribution in [0.25, 0.3) is 0 Å². The second kappa shape index (κ2) is 10.4. The summed E-state index contributed by atoms with van der Waals surface area (Å²) in [6.45, 7) is 4.26. The Bertz CT molecular complexity index is 1140. The van der Waals surface area contributed by atoms with E-state index in [1.54, 1.807) is 12.1 Å². The molecule has 1 fully saturated rings. The van der Waals surface area contributed by atoms with Gasteiger partial charge in [-0.1, -0.05) is 6.42 Å². The fraction of sp³-hybridized carbons (Fsp3) is 0.462. The molecular weight excluding hydrogens is 468 g/mol. The van der Waals surface area contributed by atoms with Gasteiger partial charge in [-0.2, -0.15) is 0 Å². The van der Waals surface area contributed by atoms with Gasteiger partial charge in [0.05, 0.1) is 28.4 Å². The summed E-state index contributed by atoms with van der Waals surface area (Å²) in [7, 11) is 3.81. The van der Waals surface area contributed by atoms with Crippen LogP contribution in [0.2, 0.25) is 0 Å². The first-order chi connectivity index (χ1) is 16.7. The number of fused-ring (bicyclic) bond motifs is 2. The van der Waals surface area contributed by atoms with E-state index in [0.717, 1.165) is 25.9 Å². The van der Waals surface area contributed by atoms with Crippen molar-refractivity contribution in [1.29, 1.82) is 0 Å². The summed E-state index contributed by atoms with van der Waals surface area (Å²) < 4.78 is 0. The van der Waals surface area contributed by atoms with E-state index < -0.39 is 11.6 Å². The largest absolute Gasteiger partial charge is 0.507 e. The zero-order valence-corrected chi connectivity index (χ0v) is 21.2. The zero-order valence-electron chi connectivity index (χ0n) is 20.4. The maximum Gasteiger partial charge on any atom is 0.200 e. The number of halogens is 1. The number of hydrogen-bond donors (Lipinski definition) is 4. The van der Waals surface area contributed by atoms with E-state index in [1.165, 1.54) is 18.6 Å². The van der Waals surface area contributed by atoms with Crippen molar-refractivity contribution < 1.29 is 19.8 Å². The third kappa shape index (κ3) is 4.83. The summed E-state index contributed by atoms with van der Waals surface area (Å²) in [5.41, 5.74) is 1.08. The molecule has 4 N–H and O–H groups in total. The molecule has 9 heteroatoms. The number of benzene rings is 2. The second-order valence-corrected chi connectivity index (χ2v) is 9.78. The number of hydrogen-bond acceptors (Lipinski definition) is 8. The Balaban J connectivity index is 1.71. The third-order valence-corrected chi connectivity index (χ3v) is 7.41. The smallest absolute Gasteiger partial charge is 0.200 e. The van der Waals surface area contributed by atoms with Crippen LogP contribution >= 0.6 is 11.6 Å². The van der Waals surface area contributed by atoms with Gasteiger partial charge in [0.2, 0.25) is 11.6 Å². The summed E-state index contributed by atoms with van der Waals surface area (Å²) >= 11 is 6.16. The summed E-state index contributed by atoms with van der Waals surface area (Å²) in [5, 5.41) is 27.5. The predicted octanol–water partition coefficient (Wildman–Crippen LogP) is 3.70. The Morgan fingerprint density at radius 2 is 1.60 bits per heavy atom. The molecule has 0 spiro atoms. The molecule has 2 aromatic carbocycles. The molecule has 35 heavy (non-hydrogen) atoms. The minimum Gasteiger partial charge on any atom is -0.507 e. The highest BCUT2D eigenvalue weighted by molar-refractivity contribution is 6.33. The maximum atomic E-state index is 13.7. The van der Waals surface area contributed by atoms with Crippen molar-refractivity contribution in [3.8, 4) is 11.5 Å². The molecule has 2 unspecified atom stereocenters. The van der Waals surface area contributed by atoms with Crippen molar-refractivity contribution in [3.63, 3.8) is 0 Å². The Morgan fingerprint density at radius 3 is 2.20 bits per heavy atom. The number of phenols is 2. The van der Waals surface area contributed by atoms with Crippen molar-refractivity contribution in [1.82, 2.24) is 9.80 Å². The number of nitrogens with one attached hydrogen (secondary N) is 2. The molecule has 8 nitrogen and oxygen atoms in total. The van der Waals surface area contributed by atoms with Gasteiger partial charge in [0.1, 0.15) is 11.5 Å². The van der Waals surface area contributed by atoms with Crippen LogP contribution in [0.4, 0.5) is 11.4 Å². The number of ketones is 2. The van der Waals surface area contributed by atoms with Crippen molar-refractivity contribution in [2.45, 2.75) is 38.4 Å². The van der Waals surface area contributed by atoms with Gasteiger partial charge in [0.15, 0.2) is 0 Å². The monoisotopic (exact) mass is 500 g/mol. The predicted molar refractivity (Wildman–Crippen MR) is 138 cm³/mol. The molecule has 0 saturated carbocycles. The number of nitrogens with zero attached hydrogens (tertiary/aromatic N) is 2. The summed E-state index contributed by atoms with van der Waals surface area (Å²) in [5.74, 6) is -1.07. The number of aromatic hydroxyl groups is 2. The van der Waals surface area contributed by atoms with Crippen molar-refractivity contribution in [2.24, 2.45) is 0 Å². The number of carbonyl (C=O) groups is 2. The highest BCUT2D eigenvalue weighted by atomic mass is 35.5. The van der Waals surface area contributed by atoms with E-state index in [1.807, 2.05) is 25.9 Å². The summed E-state index contributed by atoms with van der Waals surface area (Å²) in [4.78, 5) is 31.6. The Hall–Kier alpha value is -2.81. The van der Waals surface area contributed by atoms with Crippen molar-refractivity contribution >= 4 is 34.5 Å². The topological polar surface area (TPSA) is 105 Å². The molecule has 188 valence electrons. The van der Waals surface area contributed by atoms with Crippen LogP contribution in [0.15, 0.2) is 24.3 Å². The Morgan fingerprint density at radius 1 is 1.00 bits per heavy atom. The van der Waals surface area contributed by atoms with Crippen LogP contribution in [0, 0.1) is 0 Å². The normalized spacial score (nSPS) is 18.8. The zero-order chi connectivity index (χ0) is 25.3. The van der Waals surface area contributed by atoms with E-state index in [4.69, 9.17) is 11.6 Å². The fourth-order valence-electron chi connectivity index (χ4n) is 4.85. The first-order valence-electron chi connectivity index (χ1n) is 12.0. The molecule has 0 radical (unpaired) electrons. The molecule has 0 aromatic heterocycles. The van der Waals surface area contributed by atoms with Gasteiger partial charge >= 0.3 is 0 Å². The molecule has 4 rings (SSSR count). The van der Waals surface area contributed by atoms with Gasteiger partial charge in [-0.05, 0) is 64.7 Å². The lowest BCUT2D eigenvalue weighted by Crippen LogP contribution is -2.43. The molecule has 2 atom stereocenters. The van der Waals surface area contributed by atoms with Gasteiger partial charge in [0, 0.05) is 36.4 Å². The molecule has 1 saturated heterocycles. The number of alkyl halides is 1. The first-order valence-corrected chi connectivity index (χ1v) is 12.6. The molecule has 1 aliphatic carbocycles. The van der Waals surface area contributed by atoms with Crippen LogP contribution in [-0.4, -0.2) is 83.4 Å². The van der Waals surface area contributed by atoms with E-state index in [0.29, 0.717) is 29.8 Å². The number of rotatable bonds is 8. The van der Waals surface area contributed by atoms with Crippen molar-refractivity contribution in [3.05, 3.63) is 46.5 Å². The maximum absolute atomic E-state index is 13.7. The highest BCUT2D eigenvalue weighted by Crippen LogP contribution is 2.42. The average Bonchev–Trinajstić information content (AvgIpc) is 2.84. The molecule has 1 aliphatic heterocycles. The Kier molecular flexibility index (Phi) is 7.54. The average molecular weight is 501 g/mol. The Labute approximate surface area is 210 Å². The third-order valence-electron chi connectivity index (χ3n) is 7.06. The van der Waals surface area contributed by atoms with Gasteiger partial charge in [-0.3, -0.25) is 19.4 Å². The molecule has 0 bridgehead atoms. The number of anilines is 2. The van der Waals surface area contributed by atoms with E-state index in [2.05, 4.69) is 15.5 Å². The first kappa shape index (κ1) is 25.3. The van der Waals surface area contributed by atoms with Crippen molar-refractivity contribution in [2.75, 3.05) is 50.2 Å². The van der Waals surface area contributed by atoms with Gasteiger partial charge in [0.25, 0.3) is 0 Å². The lowest BCUT2D eigenvalue weighted by molar-refractivity contribution is 0.0975. The van der Waals surface area contributed by atoms with Gasteiger partial charge < -0.3 is 20.8 Å². The van der Waals surface area contributed by atoms with Crippen LogP contribution in [0.1, 0.15) is 58.0 Å². The van der Waals surface area contributed by atoms with Crippen LogP contribution in [0.3, 0.4) is 0 Å². The molecular formula is C26H33ClN4O4. The second-order valence-electron chi connectivity index (χ2n) is 9.47. The van der Waals surface area contributed by atoms with Gasteiger partial charge in [-0.25, -0.2) is 0 Å². The van der Waals surface area contributed by atoms with E-state index in [9.17, 15) is 19.8 Å². The molecule has 0 amide bonds. The lowest BCUT2D eigenvalue weighted by atomic mass is 9.81. The highest BCUT2D eigenvalue weighted by Gasteiger charge is 2.38.